The maximum atomic E-state index is 13.0. The van der Waals surface area contributed by atoms with Crippen molar-refractivity contribution in [2.45, 2.75) is 57.9 Å². The Bertz CT molecular complexity index is 584. The first-order valence-electron chi connectivity index (χ1n) is 7.78. The predicted molar refractivity (Wildman–Crippen MR) is 87.3 cm³/mol. The number of hydrogen-bond acceptors (Lipinski definition) is 3. The second-order valence-electron chi connectivity index (χ2n) is 5.82. The summed E-state index contributed by atoms with van der Waals surface area (Å²) in [4.78, 5) is 0.490. The molecule has 4 nitrogen and oxygen atoms in total. The molecule has 0 saturated heterocycles. The van der Waals surface area contributed by atoms with E-state index in [4.69, 9.17) is 0 Å². The molecule has 1 aromatic rings. The van der Waals surface area contributed by atoms with E-state index in [1.54, 1.807) is 4.31 Å². The van der Waals surface area contributed by atoms with Crippen LogP contribution < -0.4 is 5.32 Å². The predicted octanol–water partition coefficient (Wildman–Crippen LogP) is 3.30. The van der Waals surface area contributed by atoms with Gasteiger partial charge in [0.05, 0.1) is 4.90 Å². The molecule has 118 valence electrons. The van der Waals surface area contributed by atoms with Crippen molar-refractivity contribution in [2.75, 3.05) is 18.4 Å². The van der Waals surface area contributed by atoms with Crippen molar-refractivity contribution in [3.05, 3.63) is 23.3 Å². The number of sulfonamides is 1. The number of benzene rings is 1. The molecule has 1 fully saturated rings. The van der Waals surface area contributed by atoms with Gasteiger partial charge in [-0.3, -0.25) is 0 Å². The van der Waals surface area contributed by atoms with Crippen molar-refractivity contribution in [1.29, 1.82) is 0 Å². The fraction of sp³-hybridized carbons (Fsp3) is 0.625. The molecule has 1 N–H and O–H groups in total. The van der Waals surface area contributed by atoms with Crippen LogP contribution in [0.15, 0.2) is 17.0 Å². The van der Waals surface area contributed by atoms with Crippen LogP contribution in [0.5, 0.6) is 0 Å². The van der Waals surface area contributed by atoms with Gasteiger partial charge in [0.25, 0.3) is 0 Å². The lowest BCUT2D eigenvalue weighted by atomic mass is 10.1. The lowest BCUT2D eigenvalue weighted by molar-refractivity contribution is 0.402. The highest BCUT2D eigenvalue weighted by molar-refractivity contribution is 7.89. The van der Waals surface area contributed by atoms with Crippen LogP contribution in [-0.2, 0) is 10.0 Å². The Morgan fingerprint density at radius 2 is 1.76 bits per heavy atom. The Hall–Kier alpha value is -1.07. The molecule has 0 aromatic heterocycles. The topological polar surface area (TPSA) is 49.4 Å². The van der Waals surface area contributed by atoms with Gasteiger partial charge in [0.15, 0.2) is 0 Å². The van der Waals surface area contributed by atoms with E-state index in [9.17, 15) is 8.42 Å². The summed E-state index contributed by atoms with van der Waals surface area (Å²) in [5.74, 6) is 0. The van der Waals surface area contributed by atoms with Gasteiger partial charge in [-0.05, 0) is 63.3 Å². The van der Waals surface area contributed by atoms with E-state index in [2.05, 4.69) is 5.32 Å². The smallest absolute Gasteiger partial charge is 0.243 e. The van der Waals surface area contributed by atoms with Crippen LogP contribution in [-0.4, -0.2) is 31.9 Å². The first kappa shape index (κ1) is 16.3. The van der Waals surface area contributed by atoms with Crippen LogP contribution in [0.25, 0.3) is 0 Å². The minimum Gasteiger partial charge on any atom is -0.385 e. The lowest BCUT2D eigenvalue weighted by Crippen LogP contribution is -2.34. The summed E-state index contributed by atoms with van der Waals surface area (Å²) in [5, 5.41) is 3.25. The zero-order valence-corrected chi connectivity index (χ0v) is 14.3. The number of nitrogens with zero attached hydrogens (tertiary/aromatic N) is 1. The van der Waals surface area contributed by atoms with Gasteiger partial charge in [-0.15, -0.1) is 0 Å². The monoisotopic (exact) mass is 310 g/mol. The van der Waals surface area contributed by atoms with Crippen LogP contribution in [0.2, 0.25) is 0 Å². The molecule has 0 amide bonds. The number of nitrogens with one attached hydrogen (secondary N) is 1. The standard InChI is InChI=1S/C16H26N2O2S/c1-5-9-18(15-7-8-15)21(19,20)16-12(3)10-14(17-6-2)11-13(16)4/h10-11,15,17H,5-9H2,1-4H3. The second kappa shape index (κ2) is 6.36. The van der Waals surface area contributed by atoms with Gasteiger partial charge < -0.3 is 5.32 Å². The molecule has 1 aliphatic rings. The van der Waals surface area contributed by atoms with Crippen LogP contribution in [0.1, 0.15) is 44.2 Å². The van der Waals surface area contributed by atoms with Gasteiger partial charge in [-0.2, -0.15) is 4.31 Å². The third-order valence-corrected chi connectivity index (χ3v) is 6.06. The normalized spacial score (nSPS) is 15.5. The van der Waals surface area contributed by atoms with E-state index in [-0.39, 0.29) is 6.04 Å². The molecule has 0 atom stereocenters. The summed E-state index contributed by atoms with van der Waals surface area (Å²) in [6, 6.07) is 4.07. The molecule has 1 saturated carbocycles. The van der Waals surface area contributed by atoms with Crippen LogP contribution >= 0.6 is 0 Å². The number of hydrogen-bond donors (Lipinski definition) is 1. The van der Waals surface area contributed by atoms with Gasteiger partial charge >= 0.3 is 0 Å². The van der Waals surface area contributed by atoms with E-state index in [1.807, 2.05) is 39.8 Å². The average Bonchev–Trinajstić information content (AvgIpc) is 3.19. The fourth-order valence-corrected chi connectivity index (χ4v) is 5.05. The Morgan fingerprint density at radius 1 is 1.19 bits per heavy atom. The molecule has 0 unspecified atom stereocenters. The molecule has 0 aliphatic heterocycles. The largest absolute Gasteiger partial charge is 0.385 e. The van der Waals surface area contributed by atoms with Gasteiger partial charge in [0.1, 0.15) is 0 Å². The molecule has 0 spiro atoms. The highest BCUT2D eigenvalue weighted by Crippen LogP contribution is 2.35. The molecule has 0 heterocycles. The number of anilines is 1. The Labute approximate surface area is 128 Å². The van der Waals surface area contributed by atoms with Crippen LogP contribution in [0.3, 0.4) is 0 Å². The van der Waals surface area contributed by atoms with Crippen LogP contribution in [0.4, 0.5) is 5.69 Å². The first-order chi connectivity index (χ1) is 9.91. The minimum absolute atomic E-state index is 0.210. The molecule has 0 radical (unpaired) electrons. The minimum atomic E-state index is -3.39. The highest BCUT2D eigenvalue weighted by Gasteiger charge is 2.38. The summed E-state index contributed by atoms with van der Waals surface area (Å²) in [6.45, 7) is 9.27. The second-order valence-corrected chi connectivity index (χ2v) is 7.64. The SMILES string of the molecule is CCCN(C1CC1)S(=O)(=O)c1c(C)cc(NCC)cc1C. The van der Waals surface area contributed by atoms with E-state index in [0.29, 0.717) is 11.4 Å². The van der Waals surface area contributed by atoms with E-state index in [0.717, 1.165) is 42.6 Å². The zero-order chi connectivity index (χ0) is 15.6. The zero-order valence-electron chi connectivity index (χ0n) is 13.4. The summed E-state index contributed by atoms with van der Waals surface area (Å²) >= 11 is 0. The number of rotatable bonds is 7. The molecule has 2 rings (SSSR count). The van der Waals surface area contributed by atoms with Gasteiger partial charge in [-0.25, -0.2) is 8.42 Å². The Morgan fingerprint density at radius 3 is 2.19 bits per heavy atom. The van der Waals surface area contributed by atoms with Crippen molar-refractivity contribution in [3.8, 4) is 0 Å². The van der Waals surface area contributed by atoms with Crippen molar-refractivity contribution in [2.24, 2.45) is 0 Å². The summed E-state index contributed by atoms with van der Waals surface area (Å²) < 4.78 is 27.7. The van der Waals surface area contributed by atoms with Crippen molar-refractivity contribution < 1.29 is 8.42 Å². The molecular weight excluding hydrogens is 284 g/mol. The quantitative estimate of drug-likeness (QED) is 0.840. The lowest BCUT2D eigenvalue weighted by Gasteiger charge is -2.24. The third-order valence-electron chi connectivity index (χ3n) is 3.81. The highest BCUT2D eigenvalue weighted by atomic mass is 32.2. The van der Waals surface area contributed by atoms with Gasteiger partial charge in [0, 0.05) is 24.8 Å². The summed E-state index contributed by atoms with van der Waals surface area (Å²) in [5.41, 5.74) is 2.64. The van der Waals surface area contributed by atoms with E-state index in [1.165, 1.54) is 0 Å². The average molecular weight is 310 g/mol. The maximum Gasteiger partial charge on any atom is 0.243 e. The molecule has 0 bridgehead atoms. The molecular formula is C16H26N2O2S. The Kier molecular flexibility index (Phi) is 4.94. The summed E-state index contributed by atoms with van der Waals surface area (Å²) in [6.07, 6.45) is 2.84. The fourth-order valence-electron chi connectivity index (χ4n) is 2.86. The first-order valence-corrected chi connectivity index (χ1v) is 9.22. The van der Waals surface area contributed by atoms with Gasteiger partial charge in [-0.1, -0.05) is 6.92 Å². The summed E-state index contributed by atoms with van der Waals surface area (Å²) in [7, 11) is -3.39. The van der Waals surface area contributed by atoms with Crippen LogP contribution in [0, 0.1) is 13.8 Å². The molecule has 5 heteroatoms. The third kappa shape index (κ3) is 3.40. The molecule has 21 heavy (non-hydrogen) atoms. The number of aryl methyl sites for hydroxylation is 2. The maximum absolute atomic E-state index is 13.0. The van der Waals surface area contributed by atoms with Crippen molar-refractivity contribution >= 4 is 15.7 Å². The van der Waals surface area contributed by atoms with E-state index >= 15 is 0 Å². The molecule has 1 aliphatic carbocycles. The van der Waals surface area contributed by atoms with Crippen molar-refractivity contribution in [3.63, 3.8) is 0 Å². The Balaban J connectivity index is 2.43. The molecule has 1 aromatic carbocycles. The van der Waals surface area contributed by atoms with Crippen molar-refractivity contribution in [1.82, 2.24) is 4.31 Å². The van der Waals surface area contributed by atoms with E-state index < -0.39 is 10.0 Å². The van der Waals surface area contributed by atoms with Gasteiger partial charge in [0.2, 0.25) is 10.0 Å².